The minimum absolute atomic E-state index is 0.117. The third kappa shape index (κ3) is 5.35. The molecule has 8 nitrogen and oxygen atoms in total. The lowest BCUT2D eigenvalue weighted by Crippen LogP contribution is -2.31. The number of carbonyl (C=O) groups is 4. The standard InChI is InChI=1S/C22H19BrN4O4/c23-15-7-8-16-17(12-15)22(31)27(21(16)30)11-3-6-20(29)26-18-5-2-1-4-14(18)13-25-19(28)9-10-24/h1-2,4-5,7-8,12H,3,6,9,11,13H2,(H,25,28)(H,26,29). The molecule has 1 heterocycles. The number of hydrogen-bond acceptors (Lipinski definition) is 5. The van der Waals surface area contributed by atoms with E-state index < -0.39 is 5.91 Å². The summed E-state index contributed by atoms with van der Waals surface area (Å²) in [5, 5.41) is 14.0. The summed E-state index contributed by atoms with van der Waals surface area (Å²) in [6.07, 6.45) is 0.203. The Labute approximate surface area is 187 Å². The van der Waals surface area contributed by atoms with Gasteiger partial charge in [-0.25, -0.2) is 0 Å². The van der Waals surface area contributed by atoms with Crippen molar-refractivity contribution in [1.82, 2.24) is 10.2 Å². The molecule has 4 amide bonds. The van der Waals surface area contributed by atoms with E-state index in [2.05, 4.69) is 26.6 Å². The molecule has 0 aliphatic carbocycles. The van der Waals surface area contributed by atoms with Gasteiger partial charge in [0.25, 0.3) is 11.8 Å². The first-order chi connectivity index (χ1) is 14.9. The highest BCUT2D eigenvalue weighted by molar-refractivity contribution is 9.10. The van der Waals surface area contributed by atoms with Crippen molar-refractivity contribution in [2.75, 3.05) is 11.9 Å². The van der Waals surface area contributed by atoms with Crippen LogP contribution >= 0.6 is 15.9 Å². The van der Waals surface area contributed by atoms with Crippen molar-refractivity contribution in [3.63, 3.8) is 0 Å². The number of benzene rings is 2. The van der Waals surface area contributed by atoms with Crippen LogP contribution in [0, 0.1) is 11.3 Å². The predicted octanol–water partition coefficient (Wildman–Crippen LogP) is 2.99. The largest absolute Gasteiger partial charge is 0.351 e. The van der Waals surface area contributed by atoms with Gasteiger partial charge in [0.15, 0.2) is 0 Å². The molecule has 31 heavy (non-hydrogen) atoms. The summed E-state index contributed by atoms with van der Waals surface area (Å²) in [6, 6.07) is 13.7. The zero-order valence-electron chi connectivity index (χ0n) is 16.5. The van der Waals surface area contributed by atoms with Crippen molar-refractivity contribution in [1.29, 1.82) is 5.26 Å². The van der Waals surface area contributed by atoms with Crippen LogP contribution in [0.1, 0.15) is 45.5 Å². The first-order valence-corrected chi connectivity index (χ1v) is 10.4. The molecule has 2 aromatic rings. The van der Waals surface area contributed by atoms with Crippen molar-refractivity contribution < 1.29 is 19.2 Å². The number of halogens is 1. The van der Waals surface area contributed by atoms with E-state index in [0.29, 0.717) is 28.8 Å². The number of rotatable bonds is 8. The molecule has 0 spiro atoms. The molecule has 0 radical (unpaired) electrons. The Kier molecular flexibility index (Phi) is 7.15. The van der Waals surface area contributed by atoms with Gasteiger partial charge in [-0.15, -0.1) is 0 Å². The lowest BCUT2D eigenvalue weighted by Gasteiger charge is -2.14. The summed E-state index contributed by atoms with van der Waals surface area (Å²) in [4.78, 5) is 49.9. The third-order valence-corrected chi connectivity index (χ3v) is 5.22. The fourth-order valence-electron chi connectivity index (χ4n) is 3.20. The van der Waals surface area contributed by atoms with Gasteiger partial charge >= 0.3 is 0 Å². The first kappa shape index (κ1) is 22.2. The second-order valence-electron chi connectivity index (χ2n) is 6.87. The SMILES string of the molecule is N#CCC(=O)NCc1ccccc1NC(=O)CCCN1C(=O)c2ccc(Br)cc2C1=O. The van der Waals surface area contributed by atoms with Crippen molar-refractivity contribution >= 4 is 45.2 Å². The van der Waals surface area contributed by atoms with Crippen LogP contribution in [0.15, 0.2) is 46.9 Å². The highest BCUT2D eigenvalue weighted by atomic mass is 79.9. The molecule has 0 fully saturated rings. The molecule has 9 heteroatoms. The molecule has 2 aromatic carbocycles. The molecule has 2 N–H and O–H groups in total. The third-order valence-electron chi connectivity index (χ3n) is 4.73. The van der Waals surface area contributed by atoms with Gasteiger partial charge in [-0.05, 0) is 36.2 Å². The maximum Gasteiger partial charge on any atom is 0.261 e. The van der Waals surface area contributed by atoms with Gasteiger partial charge in [0.2, 0.25) is 11.8 Å². The maximum absolute atomic E-state index is 12.5. The van der Waals surface area contributed by atoms with E-state index in [1.807, 2.05) is 0 Å². The van der Waals surface area contributed by atoms with E-state index in [1.165, 1.54) is 0 Å². The molecule has 0 saturated carbocycles. The Morgan fingerprint density at radius 2 is 1.77 bits per heavy atom. The fourth-order valence-corrected chi connectivity index (χ4v) is 3.56. The second kappa shape index (κ2) is 10.00. The lowest BCUT2D eigenvalue weighted by molar-refractivity contribution is -0.120. The van der Waals surface area contributed by atoms with Crippen LogP contribution in [0.25, 0.3) is 0 Å². The molecule has 1 aliphatic heterocycles. The zero-order chi connectivity index (χ0) is 22.4. The number of imide groups is 1. The van der Waals surface area contributed by atoms with Gasteiger partial charge in [-0.3, -0.25) is 24.1 Å². The first-order valence-electron chi connectivity index (χ1n) is 9.58. The van der Waals surface area contributed by atoms with Crippen LogP contribution in [0.4, 0.5) is 5.69 Å². The van der Waals surface area contributed by atoms with E-state index in [0.717, 1.165) is 9.37 Å². The summed E-state index contributed by atoms with van der Waals surface area (Å²) in [5.41, 5.74) is 1.98. The van der Waals surface area contributed by atoms with Gasteiger partial charge in [-0.1, -0.05) is 34.1 Å². The van der Waals surface area contributed by atoms with Crippen LogP contribution in [0.2, 0.25) is 0 Å². The van der Waals surface area contributed by atoms with Gasteiger partial charge in [-0.2, -0.15) is 5.26 Å². The van der Waals surface area contributed by atoms with Crippen LogP contribution in [-0.2, 0) is 16.1 Å². The Morgan fingerprint density at radius 1 is 1.03 bits per heavy atom. The minimum atomic E-state index is -0.392. The highest BCUT2D eigenvalue weighted by Crippen LogP contribution is 2.26. The Balaban J connectivity index is 1.53. The minimum Gasteiger partial charge on any atom is -0.351 e. The van der Waals surface area contributed by atoms with E-state index in [4.69, 9.17) is 5.26 Å². The van der Waals surface area contributed by atoms with Crippen LogP contribution in [0.5, 0.6) is 0 Å². The molecule has 0 atom stereocenters. The topological polar surface area (TPSA) is 119 Å². The molecule has 0 unspecified atom stereocenters. The summed E-state index contributed by atoms with van der Waals surface area (Å²) >= 11 is 3.30. The number of amides is 4. The molecule has 0 saturated heterocycles. The molecule has 3 rings (SSSR count). The summed E-state index contributed by atoms with van der Waals surface area (Å²) in [5.74, 6) is -1.38. The molecular weight excluding hydrogens is 464 g/mol. The molecule has 0 bridgehead atoms. The fraction of sp³-hybridized carbons (Fsp3) is 0.227. The zero-order valence-corrected chi connectivity index (χ0v) is 18.1. The van der Waals surface area contributed by atoms with E-state index >= 15 is 0 Å². The number of nitriles is 1. The number of nitrogens with zero attached hydrogens (tertiary/aromatic N) is 2. The van der Waals surface area contributed by atoms with E-state index in [9.17, 15) is 19.2 Å². The number of carbonyl (C=O) groups excluding carboxylic acids is 4. The van der Waals surface area contributed by atoms with Crippen molar-refractivity contribution in [2.45, 2.75) is 25.8 Å². The predicted molar refractivity (Wildman–Crippen MR) is 116 cm³/mol. The number of fused-ring (bicyclic) bond motifs is 1. The maximum atomic E-state index is 12.5. The van der Waals surface area contributed by atoms with Crippen LogP contribution in [0.3, 0.4) is 0 Å². The number of anilines is 1. The Morgan fingerprint density at radius 3 is 2.55 bits per heavy atom. The molecular formula is C22H19BrN4O4. The van der Waals surface area contributed by atoms with Gasteiger partial charge in [0, 0.05) is 29.7 Å². The lowest BCUT2D eigenvalue weighted by atomic mass is 10.1. The average Bonchev–Trinajstić information content (AvgIpc) is 2.97. The van der Waals surface area contributed by atoms with Crippen molar-refractivity contribution in [3.8, 4) is 6.07 Å². The summed E-state index contributed by atoms with van der Waals surface area (Å²) in [6.45, 7) is 0.324. The normalized spacial score (nSPS) is 12.3. The van der Waals surface area contributed by atoms with Gasteiger partial charge in [0.05, 0.1) is 17.2 Å². The van der Waals surface area contributed by atoms with Crippen molar-refractivity contribution in [2.24, 2.45) is 0 Å². The highest BCUT2D eigenvalue weighted by Gasteiger charge is 2.35. The van der Waals surface area contributed by atoms with E-state index in [1.54, 1.807) is 48.5 Å². The quantitative estimate of drug-likeness (QED) is 0.560. The molecule has 1 aliphatic rings. The van der Waals surface area contributed by atoms with Gasteiger partial charge in [0.1, 0.15) is 6.42 Å². The van der Waals surface area contributed by atoms with E-state index in [-0.39, 0.29) is 43.7 Å². The Hall–Kier alpha value is -3.51. The second-order valence-corrected chi connectivity index (χ2v) is 7.79. The average molecular weight is 483 g/mol. The van der Waals surface area contributed by atoms with Crippen molar-refractivity contribution in [3.05, 3.63) is 63.6 Å². The summed E-state index contributed by atoms with van der Waals surface area (Å²) < 4.78 is 0.719. The monoisotopic (exact) mass is 482 g/mol. The number of nitrogens with one attached hydrogen (secondary N) is 2. The number of para-hydroxylation sites is 1. The van der Waals surface area contributed by atoms with Crippen LogP contribution < -0.4 is 10.6 Å². The Bertz CT molecular complexity index is 1090. The molecule has 0 aromatic heterocycles. The van der Waals surface area contributed by atoms with Crippen LogP contribution in [-0.4, -0.2) is 35.1 Å². The van der Waals surface area contributed by atoms with Gasteiger partial charge < -0.3 is 10.6 Å². The smallest absolute Gasteiger partial charge is 0.261 e. The number of hydrogen-bond donors (Lipinski definition) is 2. The molecule has 158 valence electrons. The summed E-state index contributed by atoms with van der Waals surface area (Å²) in [7, 11) is 0.